The van der Waals surface area contributed by atoms with Crippen LogP contribution in [0, 0.1) is 0 Å². The number of anilines is 1. The third-order valence-electron chi connectivity index (χ3n) is 4.13. The Kier molecular flexibility index (Phi) is 2.60. The largest absolute Gasteiger partial charge is 0.337 e. The highest BCUT2D eigenvalue weighted by Crippen LogP contribution is 2.39. The van der Waals surface area contributed by atoms with E-state index in [0.717, 1.165) is 33.8 Å². The van der Waals surface area contributed by atoms with Crippen molar-refractivity contribution in [1.29, 1.82) is 0 Å². The second-order valence-electron chi connectivity index (χ2n) is 6.32. The summed E-state index contributed by atoms with van der Waals surface area (Å²) < 4.78 is 0. The van der Waals surface area contributed by atoms with Gasteiger partial charge in [-0.3, -0.25) is 9.78 Å². The van der Waals surface area contributed by atoms with E-state index in [9.17, 15) is 4.79 Å². The number of carbonyl (C=O) groups excluding carboxylic acids is 1. The average molecular weight is 292 g/mol. The molecule has 22 heavy (non-hydrogen) atoms. The highest BCUT2D eigenvalue weighted by atomic mass is 16.1. The number of fused-ring (bicyclic) bond motifs is 2. The second kappa shape index (κ2) is 4.40. The van der Waals surface area contributed by atoms with E-state index in [1.54, 1.807) is 6.20 Å². The fraction of sp³-hybridized carbons (Fsp3) is 0.235. The summed E-state index contributed by atoms with van der Waals surface area (Å²) in [6.45, 7) is 4.18. The molecule has 0 fully saturated rings. The summed E-state index contributed by atoms with van der Waals surface area (Å²) in [7, 11) is 0. The lowest BCUT2D eigenvalue weighted by Crippen LogP contribution is -2.32. The predicted octanol–water partition coefficient (Wildman–Crippen LogP) is 3.24. The van der Waals surface area contributed by atoms with Crippen LogP contribution in [-0.4, -0.2) is 20.9 Å². The number of rotatable bonds is 1. The minimum atomic E-state index is -0.178. The minimum Gasteiger partial charge on any atom is -0.337 e. The van der Waals surface area contributed by atoms with Crippen LogP contribution in [0.3, 0.4) is 0 Å². The highest BCUT2D eigenvalue weighted by Gasteiger charge is 2.32. The normalized spacial score (nSPS) is 16.4. The molecule has 1 aliphatic rings. The molecular weight excluding hydrogens is 276 g/mol. The van der Waals surface area contributed by atoms with Crippen LogP contribution in [0.15, 0.2) is 36.5 Å². The summed E-state index contributed by atoms with van der Waals surface area (Å²) in [4.78, 5) is 24.1. The minimum absolute atomic E-state index is 0.0531. The Labute approximate surface area is 127 Å². The first kappa shape index (κ1) is 13.0. The maximum absolute atomic E-state index is 11.9. The van der Waals surface area contributed by atoms with Crippen molar-refractivity contribution in [1.82, 2.24) is 15.0 Å². The molecule has 0 aliphatic carbocycles. The van der Waals surface area contributed by atoms with Crippen molar-refractivity contribution >= 4 is 22.6 Å². The Hall–Kier alpha value is -2.69. The number of benzene rings is 1. The topological polar surface area (TPSA) is 70.7 Å². The van der Waals surface area contributed by atoms with E-state index >= 15 is 0 Å². The molecule has 4 rings (SSSR count). The first-order valence-electron chi connectivity index (χ1n) is 7.28. The van der Waals surface area contributed by atoms with Crippen molar-refractivity contribution < 1.29 is 4.79 Å². The van der Waals surface area contributed by atoms with Gasteiger partial charge in [0.2, 0.25) is 5.91 Å². The molecule has 0 saturated carbocycles. The molecular formula is C17H16N4O. The van der Waals surface area contributed by atoms with Crippen molar-refractivity contribution in [2.75, 3.05) is 5.32 Å². The van der Waals surface area contributed by atoms with E-state index in [1.165, 1.54) is 0 Å². The molecule has 0 bridgehead atoms. The molecule has 5 nitrogen and oxygen atoms in total. The predicted molar refractivity (Wildman–Crippen MR) is 85.6 cm³/mol. The fourth-order valence-corrected chi connectivity index (χ4v) is 3.04. The molecule has 0 atom stereocenters. The van der Waals surface area contributed by atoms with Gasteiger partial charge in [0.1, 0.15) is 5.69 Å². The Bertz CT molecular complexity index is 880. The number of aromatic amines is 1. The number of hydrogen-bond acceptors (Lipinski definition) is 3. The molecule has 0 unspecified atom stereocenters. The number of hydrogen-bond donors (Lipinski definition) is 2. The Balaban J connectivity index is 1.90. The Morgan fingerprint density at radius 1 is 1.23 bits per heavy atom. The molecule has 3 aromatic rings. The lowest BCUT2D eigenvalue weighted by Gasteiger charge is -2.31. The van der Waals surface area contributed by atoms with E-state index < -0.39 is 0 Å². The number of nitrogens with zero attached hydrogens (tertiary/aromatic N) is 2. The summed E-state index contributed by atoms with van der Waals surface area (Å²) in [5.74, 6) is 0.791. The first-order chi connectivity index (χ1) is 10.5. The number of carbonyl (C=O) groups is 1. The molecule has 2 N–H and O–H groups in total. The summed E-state index contributed by atoms with van der Waals surface area (Å²) in [6.07, 6.45) is 2.24. The number of pyridine rings is 1. The summed E-state index contributed by atoms with van der Waals surface area (Å²) in [5.41, 5.74) is 4.41. The van der Waals surface area contributed by atoms with Gasteiger partial charge >= 0.3 is 0 Å². The summed E-state index contributed by atoms with van der Waals surface area (Å²) in [6, 6.07) is 9.76. The van der Waals surface area contributed by atoms with Crippen LogP contribution in [-0.2, 0) is 10.2 Å². The van der Waals surface area contributed by atoms with Gasteiger partial charge in [0.25, 0.3) is 0 Å². The van der Waals surface area contributed by atoms with Crippen LogP contribution in [0.4, 0.5) is 5.69 Å². The molecule has 0 radical (unpaired) electrons. The van der Waals surface area contributed by atoms with E-state index in [4.69, 9.17) is 0 Å². The van der Waals surface area contributed by atoms with Crippen LogP contribution in [0.25, 0.3) is 22.6 Å². The molecule has 1 amide bonds. The molecule has 110 valence electrons. The zero-order chi connectivity index (χ0) is 15.3. The van der Waals surface area contributed by atoms with Crippen LogP contribution in [0.1, 0.15) is 25.8 Å². The van der Waals surface area contributed by atoms with Gasteiger partial charge in [0.05, 0.1) is 11.0 Å². The van der Waals surface area contributed by atoms with Crippen molar-refractivity contribution in [3.8, 4) is 11.5 Å². The van der Waals surface area contributed by atoms with E-state index in [2.05, 4.69) is 40.2 Å². The summed E-state index contributed by atoms with van der Waals surface area (Å²) in [5, 5.41) is 2.95. The van der Waals surface area contributed by atoms with E-state index in [0.29, 0.717) is 6.42 Å². The standard InChI is InChI=1S/C17H16N4O/c1-17(2)9-15(22)19-12-8-14-13(7-10(12)17)20-16(21-14)11-5-3-4-6-18-11/h3-8H,9H2,1-2H3,(H,19,22)(H,20,21). The van der Waals surface area contributed by atoms with E-state index in [1.807, 2.05) is 24.3 Å². The molecule has 1 aromatic carbocycles. The molecule has 1 aliphatic heterocycles. The van der Waals surface area contributed by atoms with Crippen LogP contribution >= 0.6 is 0 Å². The molecule has 0 spiro atoms. The van der Waals surface area contributed by atoms with Gasteiger partial charge in [-0.2, -0.15) is 0 Å². The van der Waals surface area contributed by atoms with Gasteiger partial charge in [-0.05, 0) is 29.8 Å². The first-order valence-corrected chi connectivity index (χ1v) is 7.28. The van der Waals surface area contributed by atoms with Gasteiger partial charge in [0.15, 0.2) is 5.82 Å². The van der Waals surface area contributed by atoms with Crippen molar-refractivity contribution in [2.45, 2.75) is 25.7 Å². The number of amides is 1. The third kappa shape index (κ3) is 1.97. The van der Waals surface area contributed by atoms with Crippen molar-refractivity contribution in [2.24, 2.45) is 0 Å². The van der Waals surface area contributed by atoms with Crippen molar-refractivity contribution in [3.05, 3.63) is 42.1 Å². The Morgan fingerprint density at radius 3 is 2.86 bits per heavy atom. The van der Waals surface area contributed by atoms with Gasteiger partial charge in [0, 0.05) is 23.7 Å². The fourth-order valence-electron chi connectivity index (χ4n) is 3.04. The zero-order valence-corrected chi connectivity index (χ0v) is 12.5. The summed E-state index contributed by atoms with van der Waals surface area (Å²) >= 11 is 0. The lowest BCUT2D eigenvalue weighted by atomic mass is 9.78. The molecule has 0 saturated heterocycles. The van der Waals surface area contributed by atoms with Gasteiger partial charge in [-0.1, -0.05) is 19.9 Å². The van der Waals surface area contributed by atoms with Crippen LogP contribution in [0.5, 0.6) is 0 Å². The van der Waals surface area contributed by atoms with Crippen molar-refractivity contribution in [3.63, 3.8) is 0 Å². The van der Waals surface area contributed by atoms with E-state index in [-0.39, 0.29) is 11.3 Å². The highest BCUT2D eigenvalue weighted by molar-refractivity contribution is 5.98. The lowest BCUT2D eigenvalue weighted by molar-refractivity contribution is -0.117. The number of aromatic nitrogens is 3. The monoisotopic (exact) mass is 292 g/mol. The SMILES string of the molecule is CC1(C)CC(=O)Nc2cc3nc(-c4ccccn4)[nH]c3cc21. The second-order valence-corrected chi connectivity index (χ2v) is 6.32. The van der Waals surface area contributed by atoms with Gasteiger partial charge in [-0.15, -0.1) is 0 Å². The maximum Gasteiger partial charge on any atom is 0.225 e. The molecule has 3 heterocycles. The third-order valence-corrected chi connectivity index (χ3v) is 4.13. The van der Waals surface area contributed by atoms with Crippen LogP contribution < -0.4 is 5.32 Å². The zero-order valence-electron chi connectivity index (χ0n) is 12.5. The average Bonchev–Trinajstić information content (AvgIpc) is 2.88. The Morgan fingerprint density at radius 2 is 2.09 bits per heavy atom. The number of H-pyrrole nitrogens is 1. The maximum atomic E-state index is 11.9. The van der Waals surface area contributed by atoms with Gasteiger partial charge < -0.3 is 10.3 Å². The van der Waals surface area contributed by atoms with Crippen LogP contribution in [0.2, 0.25) is 0 Å². The quantitative estimate of drug-likeness (QED) is 0.723. The molecule has 2 aromatic heterocycles. The number of nitrogens with one attached hydrogen (secondary N) is 2. The number of imidazole rings is 1. The smallest absolute Gasteiger partial charge is 0.225 e. The van der Waals surface area contributed by atoms with Gasteiger partial charge in [-0.25, -0.2) is 4.98 Å². The molecule has 5 heteroatoms.